The molecule has 0 unspecified atom stereocenters. The molecule has 0 saturated carbocycles. The van der Waals surface area contributed by atoms with Gasteiger partial charge < -0.3 is 30.4 Å². The molecule has 48 heavy (non-hydrogen) atoms. The van der Waals surface area contributed by atoms with Crippen molar-refractivity contribution in [2.75, 3.05) is 42.1 Å². The van der Waals surface area contributed by atoms with Crippen molar-refractivity contribution in [3.8, 4) is 16.9 Å². The van der Waals surface area contributed by atoms with Crippen LogP contribution in [0.2, 0.25) is 0 Å². The first-order valence-corrected chi connectivity index (χ1v) is 17.0. The van der Waals surface area contributed by atoms with E-state index in [0.29, 0.717) is 55.7 Å². The molecule has 2 heterocycles. The standard InChI is InChI=1S/C37H39N5O5S/c1-24-11-13-30(38-19-15-26-12-14-32(43)34-35(26)48-37(46)41-34)31(23-24)39-33(44)18-22-42-20-16-27(17-21-42)47-36(45)40-29-10-6-5-9-28(29)25-7-3-2-4-8-25/h2-14,23,27,38,43H,15-22H2,1H3,(H,39,44)(H,40,45)(H,41,46). The predicted octanol–water partition coefficient (Wildman–Crippen LogP) is 6.97. The fraction of sp³-hybridized carbons (Fsp3) is 0.270. The van der Waals surface area contributed by atoms with Crippen molar-refractivity contribution < 1.29 is 19.4 Å². The zero-order valence-corrected chi connectivity index (χ0v) is 27.6. The van der Waals surface area contributed by atoms with E-state index in [1.165, 1.54) is 0 Å². The molecule has 5 aromatic rings. The van der Waals surface area contributed by atoms with E-state index in [2.05, 4.69) is 25.8 Å². The number of likely N-dealkylation sites (tertiary alicyclic amines) is 1. The van der Waals surface area contributed by atoms with Crippen molar-refractivity contribution in [2.45, 2.75) is 38.7 Å². The largest absolute Gasteiger partial charge is 0.506 e. The molecule has 0 radical (unpaired) electrons. The molecule has 2 amide bonds. The van der Waals surface area contributed by atoms with Crippen molar-refractivity contribution in [3.63, 3.8) is 0 Å². The SMILES string of the molecule is Cc1ccc(NCCc2ccc(O)c3[nH]c(=O)sc23)c(NC(=O)CCN2CCC(OC(=O)Nc3ccccc3-c3ccccc3)CC2)c1. The zero-order chi connectivity index (χ0) is 33.5. The number of rotatable bonds is 11. The summed E-state index contributed by atoms with van der Waals surface area (Å²) in [5.41, 5.74) is 6.65. The molecule has 1 fully saturated rings. The highest BCUT2D eigenvalue weighted by atomic mass is 32.1. The lowest BCUT2D eigenvalue weighted by atomic mass is 10.0. The highest BCUT2D eigenvalue weighted by molar-refractivity contribution is 7.16. The first kappa shape index (κ1) is 32.8. The van der Waals surface area contributed by atoms with E-state index in [4.69, 9.17) is 4.74 Å². The van der Waals surface area contributed by atoms with Crippen LogP contribution in [0.25, 0.3) is 21.3 Å². The number of carbonyl (C=O) groups is 2. The molecule has 0 bridgehead atoms. The van der Waals surface area contributed by atoms with Gasteiger partial charge in [0.2, 0.25) is 5.91 Å². The van der Waals surface area contributed by atoms with E-state index in [0.717, 1.165) is 57.1 Å². The van der Waals surface area contributed by atoms with Gasteiger partial charge >= 0.3 is 11.0 Å². The van der Waals surface area contributed by atoms with Crippen molar-refractivity contribution >= 4 is 50.6 Å². The Morgan fingerprint density at radius 1 is 0.938 bits per heavy atom. The van der Waals surface area contributed by atoms with Gasteiger partial charge in [0.05, 0.1) is 21.8 Å². The maximum Gasteiger partial charge on any atom is 0.411 e. The number of hydrogen-bond donors (Lipinski definition) is 5. The molecule has 1 saturated heterocycles. The predicted molar refractivity (Wildman–Crippen MR) is 192 cm³/mol. The Bertz CT molecular complexity index is 1950. The van der Waals surface area contributed by atoms with Crippen LogP contribution in [0.3, 0.4) is 0 Å². The quantitative estimate of drug-likeness (QED) is 0.103. The Hall–Kier alpha value is -5.13. The summed E-state index contributed by atoms with van der Waals surface area (Å²) >= 11 is 1.09. The fourth-order valence-electron chi connectivity index (χ4n) is 5.99. The van der Waals surface area contributed by atoms with Gasteiger partial charge in [-0.05, 0) is 67.1 Å². The highest BCUT2D eigenvalue weighted by Gasteiger charge is 2.23. The lowest BCUT2D eigenvalue weighted by Gasteiger charge is -2.31. The Kier molecular flexibility index (Phi) is 10.4. The monoisotopic (exact) mass is 665 g/mol. The topological polar surface area (TPSA) is 136 Å². The summed E-state index contributed by atoms with van der Waals surface area (Å²) < 4.78 is 6.51. The third-order valence-electron chi connectivity index (χ3n) is 8.51. The van der Waals surface area contributed by atoms with Gasteiger partial charge in [-0.25, -0.2) is 4.79 Å². The smallest absolute Gasteiger partial charge is 0.411 e. The number of carbonyl (C=O) groups excluding carboxylic acids is 2. The van der Waals surface area contributed by atoms with E-state index in [-0.39, 0.29) is 22.6 Å². The van der Waals surface area contributed by atoms with Gasteiger partial charge in [-0.15, -0.1) is 0 Å². The number of thiazole rings is 1. The molecular weight excluding hydrogens is 627 g/mol. The Morgan fingerprint density at radius 3 is 2.52 bits per heavy atom. The van der Waals surface area contributed by atoms with Crippen LogP contribution in [0.4, 0.5) is 21.9 Å². The number of para-hydroxylation sites is 1. The van der Waals surface area contributed by atoms with Crippen LogP contribution in [-0.4, -0.2) is 59.3 Å². The molecule has 0 atom stereocenters. The number of aromatic hydroxyl groups is 1. The van der Waals surface area contributed by atoms with Crippen molar-refractivity contribution in [1.82, 2.24) is 9.88 Å². The number of hydrogen-bond acceptors (Lipinski definition) is 8. The van der Waals surface area contributed by atoms with Crippen LogP contribution in [0, 0.1) is 6.92 Å². The summed E-state index contributed by atoms with van der Waals surface area (Å²) in [5.74, 6) is -0.0128. The summed E-state index contributed by atoms with van der Waals surface area (Å²) in [6.07, 6.45) is 1.74. The van der Waals surface area contributed by atoms with Crippen molar-refractivity contribution in [2.24, 2.45) is 0 Å². The third kappa shape index (κ3) is 8.23. The van der Waals surface area contributed by atoms with Gasteiger partial charge in [-0.1, -0.05) is 72.0 Å². The van der Waals surface area contributed by atoms with Gasteiger partial charge in [0.15, 0.2) is 0 Å². The number of ether oxygens (including phenoxy) is 1. The number of H-pyrrole nitrogens is 1. The van der Waals surface area contributed by atoms with Crippen LogP contribution in [0.15, 0.2) is 89.7 Å². The number of phenolic OH excluding ortho intramolecular Hbond substituents is 1. The minimum Gasteiger partial charge on any atom is -0.506 e. The number of nitrogens with one attached hydrogen (secondary N) is 4. The first-order chi connectivity index (χ1) is 23.3. The van der Waals surface area contributed by atoms with Gasteiger partial charge in [-0.2, -0.15) is 0 Å². The molecule has 1 aromatic heterocycles. The maximum absolute atomic E-state index is 13.0. The van der Waals surface area contributed by atoms with Crippen LogP contribution in [-0.2, 0) is 16.0 Å². The number of aromatic nitrogens is 1. The minimum absolute atomic E-state index is 0.0605. The summed E-state index contributed by atoms with van der Waals surface area (Å²) in [7, 11) is 0. The Morgan fingerprint density at radius 2 is 1.71 bits per heavy atom. The molecule has 0 aliphatic carbocycles. The van der Waals surface area contributed by atoms with Gasteiger partial charge in [0, 0.05) is 38.2 Å². The second-order valence-electron chi connectivity index (χ2n) is 12.0. The van der Waals surface area contributed by atoms with Crippen molar-refractivity contribution in [3.05, 3.63) is 106 Å². The summed E-state index contributed by atoms with van der Waals surface area (Å²) in [6, 6.07) is 26.9. The molecule has 10 nitrogen and oxygen atoms in total. The number of aryl methyl sites for hydroxylation is 1. The number of amides is 2. The molecule has 0 spiro atoms. The maximum atomic E-state index is 13.0. The normalized spacial score (nSPS) is 13.7. The van der Waals surface area contributed by atoms with Crippen LogP contribution in [0.1, 0.15) is 30.4 Å². The molecule has 5 N–H and O–H groups in total. The third-order valence-corrected chi connectivity index (χ3v) is 9.47. The molecule has 248 valence electrons. The number of phenols is 1. The second kappa shape index (κ2) is 15.2. The van der Waals surface area contributed by atoms with Crippen LogP contribution in [0.5, 0.6) is 5.75 Å². The number of fused-ring (bicyclic) bond motifs is 1. The number of aromatic amines is 1. The Balaban J connectivity index is 0.950. The zero-order valence-electron chi connectivity index (χ0n) is 26.8. The molecule has 11 heteroatoms. The lowest BCUT2D eigenvalue weighted by Crippen LogP contribution is -2.39. The molecule has 1 aliphatic heterocycles. The number of nitrogens with zero attached hydrogens (tertiary/aromatic N) is 1. The number of benzene rings is 4. The van der Waals surface area contributed by atoms with E-state index in [1.54, 1.807) is 6.07 Å². The van der Waals surface area contributed by atoms with E-state index in [1.807, 2.05) is 85.8 Å². The molecule has 1 aliphatic rings. The molecule has 4 aromatic carbocycles. The molecule has 6 rings (SSSR count). The average Bonchev–Trinajstić information content (AvgIpc) is 3.49. The minimum atomic E-state index is -0.461. The van der Waals surface area contributed by atoms with Crippen molar-refractivity contribution in [1.29, 1.82) is 0 Å². The molecular formula is C37H39N5O5S. The first-order valence-electron chi connectivity index (χ1n) is 16.1. The highest BCUT2D eigenvalue weighted by Crippen LogP contribution is 2.30. The number of anilines is 3. The van der Waals surface area contributed by atoms with Gasteiger partial charge in [-0.3, -0.25) is 14.9 Å². The summed E-state index contributed by atoms with van der Waals surface area (Å²) in [5, 5.41) is 19.5. The lowest BCUT2D eigenvalue weighted by molar-refractivity contribution is -0.116. The summed E-state index contributed by atoms with van der Waals surface area (Å²) in [6.45, 7) is 4.65. The average molecular weight is 666 g/mol. The van der Waals surface area contributed by atoms with E-state index >= 15 is 0 Å². The van der Waals surface area contributed by atoms with E-state index in [9.17, 15) is 19.5 Å². The summed E-state index contributed by atoms with van der Waals surface area (Å²) in [4.78, 5) is 42.3. The number of piperidine rings is 1. The Labute approximate surface area is 282 Å². The van der Waals surface area contributed by atoms with Crippen LogP contribution < -0.4 is 20.8 Å². The van der Waals surface area contributed by atoms with Gasteiger partial charge in [0.25, 0.3) is 0 Å². The fourth-order valence-corrected chi connectivity index (χ4v) is 6.89. The van der Waals surface area contributed by atoms with E-state index < -0.39 is 6.09 Å². The second-order valence-corrected chi connectivity index (χ2v) is 13.0. The van der Waals surface area contributed by atoms with Gasteiger partial charge in [0.1, 0.15) is 17.4 Å². The van der Waals surface area contributed by atoms with Crippen LogP contribution >= 0.6 is 11.3 Å².